The van der Waals surface area contributed by atoms with Crippen LogP contribution in [0, 0.1) is 0 Å². The zero-order valence-corrected chi connectivity index (χ0v) is 15.9. The van der Waals surface area contributed by atoms with Gasteiger partial charge >= 0.3 is 6.36 Å². The molecule has 1 aromatic heterocycles. The average Bonchev–Trinajstić information content (AvgIpc) is 2.72. The van der Waals surface area contributed by atoms with Crippen LogP contribution in [0.3, 0.4) is 0 Å². The number of hydrogen-bond acceptors (Lipinski definition) is 4. The molecule has 4 rings (SSSR count). The van der Waals surface area contributed by atoms with Gasteiger partial charge in [-0.25, -0.2) is 0 Å². The van der Waals surface area contributed by atoms with E-state index < -0.39 is 30.0 Å². The maximum absolute atomic E-state index is 13.4. The molecule has 1 aliphatic rings. The smallest absolute Gasteiger partial charge is 0.406 e. The lowest BCUT2D eigenvalue weighted by Crippen LogP contribution is -2.52. The summed E-state index contributed by atoms with van der Waals surface area (Å²) in [4.78, 5) is 41.4. The van der Waals surface area contributed by atoms with Crippen molar-refractivity contribution in [3.8, 4) is 5.75 Å². The highest BCUT2D eigenvalue weighted by atomic mass is 19.4. The van der Waals surface area contributed by atoms with Gasteiger partial charge in [0.25, 0.3) is 5.91 Å². The number of nitrogens with zero attached hydrogens (tertiary/aromatic N) is 1. The topological polar surface area (TPSA) is 91.5 Å². The van der Waals surface area contributed by atoms with Crippen molar-refractivity contribution in [3.63, 3.8) is 0 Å². The van der Waals surface area contributed by atoms with Crippen LogP contribution >= 0.6 is 0 Å². The van der Waals surface area contributed by atoms with Crippen molar-refractivity contribution in [1.82, 2.24) is 15.2 Å². The van der Waals surface area contributed by atoms with Crippen LogP contribution in [0.15, 0.2) is 59.5 Å². The molecule has 2 aromatic carbocycles. The Morgan fingerprint density at radius 1 is 1.10 bits per heavy atom. The number of amides is 2. The molecular formula is C21H16F3N3O4. The van der Waals surface area contributed by atoms with Gasteiger partial charge in [0.05, 0.1) is 0 Å². The number of H-pyrrole nitrogens is 1. The standard InChI is InChI=1S/C21H16F3N3O4/c22-21(23,24)31-14-6-4-12(5-7-14)18-19(29)25-8-9-27(18)20(30)15-3-1-2-13-10-17(28)26-11-16(13)15/h1-7,10-11,18H,8-9H2,(H,25,29)(H,26,28). The number of aromatic amines is 1. The molecule has 31 heavy (non-hydrogen) atoms. The quantitative estimate of drug-likeness (QED) is 0.667. The van der Waals surface area contributed by atoms with Crippen molar-refractivity contribution in [3.05, 3.63) is 76.2 Å². The first-order valence-corrected chi connectivity index (χ1v) is 9.29. The zero-order chi connectivity index (χ0) is 22.2. The van der Waals surface area contributed by atoms with Crippen molar-refractivity contribution in [2.75, 3.05) is 13.1 Å². The third-order valence-electron chi connectivity index (χ3n) is 4.92. The van der Waals surface area contributed by atoms with Crippen LogP contribution in [0.5, 0.6) is 5.75 Å². The molecule has 0 spiro atoms. The predicted molar refractivity (Wildman–Crippen MR) is 104 cm³/mol. The number of alkyl halides is 3. The van der Waals surface area contributed by atoms with E-state index in [9.17, 15) is 27.6 Å². The van der Waals surface area contributed by atoms with Crippen molar-refractivity contribution < 1.29 is 27.5 Å². The largest absolute Gasteiger partial charge is 0.573 e. The van der Waals surface area contributed by atoms with Gasteiger partial charge in [-0.1, -0.05) is 24.3 Å². The summed E-state index contributed by atoms with van der Waals surface area (Å²) >= 11 is 0. The van der Waals surface area contributed by atoms with E-state index in [0.29, 0.717) is 21.9 Å². The van der Waals surface area contributed by atoms with E-state index in [1.165, 1.54) is 29.3 Å². The van der Waals surface area contributed by atoms with Crippen LogP contribution in [0.4, 0.5) is 13.2 Å². The molecule has 10 heteroatoms. The van der Waals surface area contributed by atoms with Crippen LogP contribution in [0.25, 0.3) is 10.8 Å². The first kappa shape index (κ1) is 20.5. The molecule has 2 N–H and O–H groups in total. The fourth-order valence-electron chi connectivity index (χ4n) is 3.61. The molecule has 1 saturated heterocycles. The molecule has 1 unspecified atom stereocenters. The molecule has 0 saturated carbocycles. The molecule has 7 nitrogen and oxygen atoms in total. The molecule has 0 bridgehead atoms. The Balaban J connectivity index is 1.69. The molecular weight excluding hydrogens is 415 g/mol. The highest BCUT2D eigenvalue weighted by molar-refractivity contribution is 6.08. The van der Waals surface area contributed by atoms with E-state index in [-0.39, 0.29) is 18.6 Å². The van der Waals surface area contributed by atoms with Crippen LogP contribution < -0.4 is 15.6 Å². The average molecular weight is 431 g/mol. The monoisotopic (exact) mass is 431 g/mol. The van der Waals surface area contributed by atoms with E-state index >= 15 is 0 Å². The van der Waals surface area contributed by atoms with Gasteiger partial charge in [0.15, 0.2) is 0 Å². The summed E-state index contributed by atoms with van der Waals surface area (Å²) in [7, 11) is 0. The molecule has 160 valence electrons. The van der Waals surface area contributed by atoms with Crippen LogP contribution in [0.2, 0.25) is 0 Å². The lowest BCUT2D eigenvalue weighted by Gasteiger charge is -2.35. The Hall–Kier alpha value is -3.82. The van der Waals surface area contributed by atoms with Gasteiger partial charge in [-0.2, -0.15) is 0 Å². The van der Waals surface area contributed by atoms with Crippen molar-refractivity contribution in [1.29, 1.82) is 0 Å². The van der Waals surface area contributed by atoms with Gasteiger partial charge in [0, 0.05) is 36.3 Å². The summed E-state index contributed by atoms with van der Waals surface area (Å²) < 4.78 is 41.1. The van der Waals surface area contributed by atoms with Crippen LogP contribution in [-0.4, -0.2) is 41.2 Å². The summed E-state index contributed by atoms with van der Waals surface area (Å²) in [6.45, 7) is 0.438. The summed E-state index contributed by atoms with van der Waals surface area (Å²) in [6, 6.07) is 10.1. The maximum atomic E-state index is 13.4. The third-order valence-corrected chi connectivity index (χ3v) is 4.92. The predicted octanol–water partition coefficient (Wildman–Crippen LogP) is 2.74. The Morgan fingerprint density at radius 3 is 2.55 bits per heavy atom. The summed E-state index contributed by atoms with van der Waals surface area (Å²) in [5.41, 5.74) is 0.327. The second-order valence-electron chi connectivity index (χ2n) is 6.91. The Bertz CT molecular complexity index is 1200. The highest BCUT2D eigenvalue weighted by Crippen LogP contribution is 2.30. The minimum atomic E-state index is -4.83. The second-order valence-corrected chi connectivity index (χ2v) is 6.91. The second kappa shape index (κ2) is 7.78. The van der Waals surface area contributed by atoms with Crippen molar-refractivity contribution >= 4 is 22.6 Å². The first-order valence-electron chi connectivity index (χ1n) is 9.29. The first-order chi connectivity index (χ1) is 14.7. The maximum Gasteiger partial charge on any atom is 0.573 e. The zero-order valence-electron chi connectivity index (χ0n) is 15.9. The van der Waals surface area contributed by atoms with E-state index in [0.717, 1.165) is 12.1 Å². The molecule has 0 radical (unpaired) electrons. The lowest BCUT2D eigenvalue weighted by molar-refractivity contribution is -0.274. The number of piperazine rings is 1. The highest BCUT2D eigenvalue weighted by Gasteiger charge is 2.36. The fourth-order valence-corrected chi connectivity index (χ4v) is 3.61. The van der Waals surface area contributed by atoms with Gasteiger partial charge in [-0.05, 0) is 29.1 Å². The van der Waals surface area contributed by atoms with E-state index in [2.05, 4.69) is 15.0 Å². The van der Waals surface area contributed by atoms with E-state index in [1.54, 1.807) is 18.2 Å². The number of pyridine rings is 1. The number of carbonyl (C=O) groups is 2. The minimum Gasteiger partial charge on any atom is -0.406 e. The van der Waals surface area contributed by atoms with Gasteiger partial charge < -0.3 is 19.9 Å². The number of carbonyl (C=O) groups excluding carboxylic acids is 2. The number of rotatable bonds is 3. The Labute approximate surface area is 173 Å². The van der Waals surface area contributed by atoms with Crippen molar-refractivity contribution in [2.24, 2.45) is 0 Å². The Kier molecular flexibility index (Phi) is 5.14. The number of hydrogen-bond donors (Lipinski definition) is 2. The normalized spacial score (nSPS) is 16.8. The van der Waals surface area contributed by atoms with Gasteiger partial charge in [0.1, 0.15) is 11.8 Å². The number of nitrogens with one attached hydrogen (secondary N) is 2. The number of halogens is 3. The van der Waals surface area contributed by atoms with Gasteiger partial charge in [-0.15, -0.1) is 13.2 Å². The number of benzene rings is 2. The SMILES string of the molecule is O=C1NCCN(C(=O)c2cccc3cc(=O)[nH]cc23)C1c1ccc(OC(F)(F)F)cc1. The molecule has 2 heterocycles. The van der Waals surface area contributed by atoms with Crippen LogP contribution in [-0.2, 0) is 4.79 Å². The van der Waals surface area contributed by atoms with Gasteiger partial charge in [-0.3, -0.25) is 14.4 Å². The van der Waals surface area contributed by atoms with Crippen molar-refractivity contribution in [2.45, 2.75) is 12.4 Å². The number of aromatic nitrogens is 1. The van der Waals surface area contributed by atoms with E-state index in [1.807, 2.05) is 0 Å². The molecule has 3 aromatic rings. The minimum absolute atomic E-state index is 0.204. The van der Waals surface area contributed by atoms with Gasteiger partial charge in [0.2, 0.25) is 11.5 Å². The lowest BCUT2D eigenvalue weighted by atomic mass is 9.99. The number of ether oxygens (including phenoxy) is 1. The molecule has 1 atom stereocenters. The van der Waals surface area contributed by atoms with Crippen LogP contribution in [0.1, 0.15) is 22.0 Å². The summed E-state index contributed by atoms with van der Waals surface area (Å²) in [5.74, 6) is -1.31. The fraction of sp³-hybridized carbons (Fsp3) is 0.190. The number of fused-ring (bicyclic) bond motifs is 1. The molecule has 1 fully saturated rings. The summed E-state index contributed by atoms with van der Waals surface area (Å²) in [6.07, 6.45) is -3.39. The molecule has 0 aliphatic carbocycles. The molecule has 2 amide bonds. The molecule has 1 aliphatic heterocycles. The third kappa shape index (κ3) is 4.23. The summed E-state index contributed by atoms with van der Waals surface area (Å²) in [5, 5.41) is 3.76. The Morgan fingerprint density at radius 2 is 1.84 bits per heavy atom. The van der Waals surface area contributed by atoms with E-state index in [4.69, 9.17) is 0 Å².